The highest BCUT2D eigenvalue weighted by molar-refractivity contribution is 8.00. The Balaban J connectivity index is 1.88. The number of hydrogen-bond acceptors (Lipinski definition) is 4. The summed E-state index contributed by atoms with van der Waals surface area (Å²) >= 11 is 1.50. The van der Waals surface area contributed by atoms with Crippen molar-refractivity contribution in [2.24, 2.45) is 5.16 Å². The Morgan fingerprint density at radius 1 is 1.14 bits per heavy atom. The van der Waals surface area contributed by atoms with Crippen LogP contribution < -0.4 is 5.32 Å². The Morgan fingerprint density at radius 2 is 1.81 bits per heavy atom. The lowest BCUT2D eigenvalue weighted by Gasteiger charge is -2.06. The number of benzene rings is 2. The van der Waals surface area contributed by atoms with Crippen LogP contribution in [0.15, 0.2) is 64.6 Å². The van der Waals surface area contributed by atoms with Gasteiger partial charge in [-0.2, -0.15) is 0 Å². The van der Waals surface area contributed by atoms with Crippen molar-refractivity contribution in [3.63, 3.8) is 0 Å². The van der Waals surface area contributed by atoms with Gasteiger partial charge in [-0.1, -0.05) is 35.5 Å². The largest absolute Gasteiger partial charge is 0.411 e. The van der Waals surface area contributed by atoms with E-state index < -0.39 is 0 Å². The molecule has 2 N–H and O–H groups in total. The van der Waals surface area contributed by atoms with Gasteiger partial charge in [-0.3, -0.25) is 4.79 Å². The normalized spacial score (nSPS) is 11.2. The summed E-state index contributed by atoms with van der Waals surface area (Å²) < 4.78 is 0. The van der Waals surface area contributed by atoms with Gasteiger partial charge in [-0.15, -0.1) is 11.8 Å². The molecule has 0 fully saturated rings. The zero-order valence-electron chi connectivity index (χ0n) is 11.6. The van der Waals surface area contributed by atoms with Gasteiger partial charge in [-0.25, -0.2) is 0 Å². The number of rotatable bonds is 5. The zero-order chi connectivity index (χ0) is 15.1. The Hall–Kier alpha value is -2.27. The van der Waals surface area contributed by atoms with Crippen molar-refractivity contribution in [2.75, 3.05) is 11.1 Å². The van der Waals surface area contributed by atoms with Gasteiger partial charge in [0.15, 0.2) is 0 Å². The molecule has 108 valence electrons. The lowest BCUT2D eigenvalue weighted by atomic mass is 10.1. The summed E-state index contributed by atoms with van der Waals surface area (Å²) in [5.41, 5.74) is 2.07. The number of nitrogens with zero attached hydrogens (tertiary/aromatic N) is 1. The number of oxime groups is 1. The van der Waals surface area contributed by atoms with E-state index in [1.165, 1.54) is 11.8 Å². The predicted molar refractivity (Wildman–Crippen MR) is 86.2 cm³/mol. The van der Waals surface area contributed by atoms with Gasteiger partial charge in [0.25, 0.3) is 0 Å². The van der Waals surface area contributed by atoms with E-state index in [1.54, 1.807) is 31.2 Å². The van der Waals surface area contributed by atoms with Gasteiger partial charge in [0.1, 0.15) is 0 Å². The monoisotopic (exact) mass is 300 g/mol. The van der Waals surface area contributed by atoms with E-state index in [0.717, 1.165) is 16.1 Å². The van der Waals surface area contributed by atoms with Crippen molar-refractivity contribution >= 4 is 29.1 Å². The zero-order valence-corrected chi connectivity index (χ0v) is 12.4. The number of nitrogens with one attached hydrogen (secondary N) is 1. The van der Waals surface area contributed by atoms with E-state index in [9.17, 15) is 4.79 Å². The Bertz CT molecular complexity index is 624. The van der Waals surface area contributed by atoms with Gasteiger partial charge in [0.2, 0.25) is 5.91 Å². The maximum Gasteiger partial charge on any atom is 0.234 e. The molecule has 0 saturated heterocycles. The predicted octanol–water partition coefficient (Wildman–Crippen LogP) is 3.62. The molecule has 0 aromatic heterocycles. The van der Waals surface area contributed by atoms with E-state index in [0.29, 0.717) is 11.5 Å². The number of thioether (sulfide) groups is 1. The minimum atomic E-state index is -0.0517. The standard InChI is InChI=1S/C16H16N2O2S/c1-12(18-20)13-7-9-14(10-8-13)17-16(19)11-21-15-5-3-2-4-6-15/h2-10,20H,11H2,1H3,(H,17,19). The van der Waals surface area contributed by atoms with Crippen LogP contribution in [0.3, 0.4) is 0 Å². The van der Waals surface area contributed by atoms with Gasteiger partial charge >= 0.3 is 0 Å². The van der Waals surface area contributed by atoms with Crippen LogP contribution in [-0.4, -0.2) is 22.6 Å². The number of carbonyl (C=O) groups is 1. The molecule has 0 aliphatic rings. The van der Waals surface area contributed by atoms with Crippen molar-refractivity contribution < 1.29 is 10.0 Å². The molecule has 0 heterocycles. The van der Waals surface area contributed by atoms with Crippen molar-refractivity contribution in [3.8, 4) is 0 Å². The summed E-state index contributed by atoms with van der Waals surface area (Å²) in [6.45, 7) is 1.71. The second-order valence-corrected chi connectivity index (χ2v) is 5.46. The molecule has 0 aliphatic heterocycles. The van der Waals surface area contributed by atoms with Crippen LogP contribution in [0.4, 0.5) is 5.69 Å². The molecular weight excluding hydrogens is 284 g/mol. The van der Waals surface area contributed by atoms with Crippen LogP contribution >= 0.6 is 11.8 Å². The fraction of sp³-hybridized carbons (Fsp3) is 0.125. The van der Waals surface area contributed by atoms with Crippen LogP contribution in [0, 0.1) is 0 Å². The van der Waals surface area contributed by atoms with E-state index in [1.807, 2.05) is 30.3 Å². The molecule has 0 radical (unpaired) electrons. The van der Waals surface area contributed by atoms with Crippen molar-refractivity contribution in [2.45, 2.75) is 11.8 Å². The minimum absolute atomic E-state index is 0.0517. The molecule has 5 heteroatoms. The third-order valence-corrected chi connectivity index (χ3v) is 3.86. The maximum absolute atomic E-state index is 11.9. The second-order valence-electron chi connectivity index (χ2n) is 4.41. The summed E-state index contributed by atoms with van der Waals surface area (Å²) in [4.78, 5) is 12.9. The molecule has 2 rings (SSSR count). The summed E-state index contributed by atoms with van der Waals surface area (Å²) in [5.74, 6) is 0.312. The number of amides is 1. The molecular formula is C16H16N2O2S. The smallest absolute Gasteiger partial charge is 0.234 e. The fourth-order valence-electron chi connectivity index (χ4n) is 1.72. The molecule has 0 bridgehead atoms. The number of anilines is 1. The quantitative estimate of drug-likeness (QED) is 0.384. The van der Waals surface area contributed by atoms with Gasteiger partial charge in [-0.05, 0) is 36.8 Å². The van der Waals surface area contributed by atoms with E-state index in [4.69, 9.17) is 5.21 Å². The van der Waals surface area contributed by atoms with Crippen LogP contribution in [-0.2, 0) is 4.79 Å². The highest BCUT2D eigenvalue weighted by atomic mass is 32.2. The molecule has 0 spiro atoms. The first-order valence-electron chi connectivity index (χ1n) is 6.46. The molecule has 0 unspecified atom stereocenters. The molecule has 21 heavy (non-hydrogen) atoms. The van der Waals surface area contributed by atoms with E-state index in [2.05, 4.69) is 10.5 Å². The Kier molecular flexibility index (Phi) is 5.40. The lowest BCUT2D eigenvalue weighted by Crippen LogP contribution is -2.14. The molecule has 0 atom stereocenters. The summed E-state index contributed by atoms with van der Waals surface area (Å²) in [5, 5.41) is 14.7. The van der Waals surface area contributed by atoms with Gasteiger partial charge < -0.3 is 10.5 Å². The average Bonchev–Trinajstić information content (AvgIpc) is 2.54. The van der Waals surface area contributed by atoms with Crippen molar-refractivity contribution in [1.29, 1.82) is 0 Å². The number of carbonyl (C=O) groups excluding carboxylic acids is 1. The first kappa shape index (κ1) is 15.1. The van der Waals surface area contributed by atoms with Crippen LogP contribution in [0.5, 0.6) is 0 Å². The summed E-state index contributed by atoms with van der Waals surface area (Å²) in [7, 11) is 0. The lowest BCUT2D eigenvalue weighted by molar-refractivity contribution is -0.113. The van der Waals surface area contributed by atoms with Crippen LogP contribution in [0.25, 0.3) is 0 Å². The first-order valence-corrected chi connectivity index (χ1v) is 7.44. The Morgan fingerprint density at radius 3 is 2.43 bits per heavy atom. The van der Waals surface area contributed by atoms with Crippen molar-refractivity contribution in [1.82, 2.24) is 0 Å². The third kappa shape index (κ3) is 4.65. The van der Waals surface area contributed by atoms with Gasteiger partial charge in [0, 0.05) is 10.6 Å². The molecule has 0 aliphatic carbocycles. The maximum atomic E-state index is 11.9. The van der Waals surface area contributed by atoms with Crippen LogP contribution in [0.2, 0.25) is 0 Å². The summed E-state index contributed by atoms with van der Waals surface area (Å²) in [6, 6.07) is 17.0. The highest BCUT2D eigenvalue weighted by Gasteiger charge is 2.04. The molecule has 2 aromatic rings. The van der Waals surface area contributed by atoms with E-state index >= 15 is 0 Å². The molecule has 0 saturated carbocycles. The molecule has 4 nitrogen and oxygen atoms in total. The minimum Gasteiger partial charge on any atom is -0.411 e. The van der Waals surface area contributed by atoms with Gasteiger partial charge in [0.05, 0.1) is 11.5 Å². The summed E-state index contributed by atoms with van der Waals surface area (Å²) in [6.07, 6.45) is 0. The molecule has 1 amide bonds. The second kappa shape index (κ2) is 7.50. The molecule has 2 aromatic carbocycles. The fourth-order valence-corrected chi connectivity index (χ4v) is 2.43. The Labute approximate surface area is 127 Å². The third-order valence-electron chi connectivity index (χ3n) is 2.85. The SMILES string of the molecule is CC(=NO)c1ccc(NC(=O)CSc2ccccc2)cc1. The van der Waals surface area contributed by atoms with E-state index in [-0.39, 0.29) is 5.91 Å². The topological polar surface area (TPSA) is 61.7 Å². The first-order chi connectivity index (χ1) is 10.2. The van der Waals surface area contributed by atoms with Crippen molar-refractivity contribution in [3.05, 3.63) is 60.2 Å². The average molecular weight is 300 g/mol. The van der Waals surface area contributed by atoms with Crippen LogP contribution in [0.1, 0.15) is 12.5 Å². The highest BCUT2D eigenvalue weighted by Crippen LogP contribution is 2.17. The number of hydrogen-bond donors (Lipinski definition) is 2.